The summed E-state index contributed by atoms with van der Waals surface area (Å²) >= 11 is 1.22. The largest absolute Gasteiger partial charge is 0.394 e. The van der Waals surface area contributed by atoms with Gasteiger partial charge in [0, 0.05) is 0 Å². The van der Waals surface area contributed by atoms with Crippen LogP contribution in [0, 0.1) is 0 Å². The van der Waals surface area contributed by atoms with Gasteiger partial charge in [-0.2, -0.15) is 8.42 Å². The second kappa shape index (κ2) is 8.63. The molecule has 6 heteroatoms. The summed E-state index contributed by atoms with van der Waals surface area (Å²) < 4.78 is 32.8. The van der Waals surface area contributed by atoms with E-state index in [-0.39, 0.29) is 0 Å². The van der Waals surface area contributed by atoms with Gasteiger partial charge in [0.15, 0.2) is 0 Å². The summed E-state index contributed by atoms with van der Waals surface area (Å²) in [5, 5.41) is 0. The van der Waals surface area contributed by atoms with Crippen LogP contribution in [0.1, 0.15) is 5.56 Å². The van der Waals surface area contributed by atoms with Crippen LogP contribution in [0.15, 0.2) is 49.1 Å². The van der Waals surface area contributed by atoms with Gasteiger partial charge in [0.1, 0.15) is 0 Å². The summed E-state index contributed by atoms with van der Waals surface area (Å²) in [6.45, 7) is 3.80. The maximum atomic E-state index is 8.74. The Labute approximate surface area is 119 Å². The zero-order valence-corrected chi connectivity index (χ0v) is 12.4. The normalized spacial score (nSPS) is 11.4. The van der Waals surface area contributed by atoms with E-state index in [0.29, 0.717) is 0 Å². The van der Waals surface area contributed by atoms with Gasteiger partial charge in [0.2, 0.25) is 0 Å². The summed E-state index contributed by atoms with van der Waals surface area (Å²) in [7, 11) is -4.67. The Kier molecular flexibility index (Phi) is 8.41. The number of hydrogen-bond donors (Lipinski definition) is 2. The fourth-order valence-electron chi connectivity index (χ4n) is 1.17. The van der Waals surface area contributed by atoms with E-state index in [1.54, 1.807) is 0 Å². The molecule has 0 radical (unpaired) electrons. The summed E-state index contributed by atoms with van der Waals surface area (Å²) in [5.74, 6) is 0. The Morgan fingerprint density at radius 2 is 1.76 bits per heavy atom. The van der Waals surface area contributed by atoms with E-state index in [0.717, 1.165) is 0 Å². The molecule has 1 aromatic rings. The molecule has 0 unspecified atom stereocenters. The van der Waals surface area contributed by atoms with E-state index in [1.807, 2.05) is 12.1 Å². The van der Waals surface area contributed by atoms with E-state index in [9.17, 15) is 0 Å². The van der Waals surface area contributed by atoms with E-state index in [1.165, 1.54) is 42.7 Å². The molecule has 0 aromatic heterocycles. The van der Waals surface area contributed by atoms with Crippen LogP contribution in [-0.4, -0.2) is 45.5 Å². The molecule has 0 heterocycles. The van der Waals surface area contributed by atoms with Gasteiger partial charge in [-0.1, -0.05) is 0 Å². The number of benzene rings is 1. The van der Waals surface area contributed by atoms with Crippen LogP contribution in [-0.2, 0) is 10.4 Å². The van der Waals surface area contributed by atoms with E-state index in [2.05, 4.69) is 36.9 Å². The fraction of sp³-hybridized carbons (Fsp3) is 0.0909. The molecule has 0 saturated carbocycles. The van der Waals surface area contributed by atoms with Crippen molar-refractivity contribution in [3.05, 3.63) is 54.6 Å². The van der Waals surface area contributed by atoms with Crippen LogP contribution >= 0.6 is 0 Å². The SMILES string of the molecule is C=CC(=C[CH2][Na])c1ccccc1.O=S(=O)(O)O. The Hall–Kier alpha value is -0.430. The van der Waals surface area contributed by atoms with Crippen LogP contribution in [0.2, 0.25) is 3.67 Å². The first-order chi connectivity index (χ1) is 7.88. The van der Waals surface area contributed by atoms with Gasteiger partial charge in [-0.3, -0.25) is 9.11 Å². The standard InChI is InChI=1S/C11H11.Na.H2O4S/c1-3-10(4-2)11-8-6-5-7-9-11;;1-5(2,3)4/h3-9H,1-2H2;;(H2,1,2,3,4). The van der Waals surface area contributed by atoms with Gasteiger partial charge in [-0.15, -0.1) is 0 Å². The molecule has 0 aliphatic heterocycles. The first-order valence-corrected chi connectivity index (χ1v) is 7.77. The van der Waals surface area contributed by atoms with Gasteiger partial charge in [-0.25, -0.2) is 0 Å². The second-order valence-corrected chi connectivity index (χ2v) is 4.80. The van der Waals surface area contributed by atoms with E-state index in [4.69, 9.17) is 17.5 Å². The van der Waals surface area contributed by atoms with Gasteiger partial charge in [0.25, 0.3) is 0 Å². The first-order valence-electron chi connectivity index (χ1n) is 4.96. The number of rotatable bonds is 3. The van der Waals surface area contributed by atoms with Crippen LogP contribution in [0.25, 0.3) is 5.57 Å². The maximum Gasteiger partial charge on any atom is 0.394 e. The average Bonchev–Trinajstić information content (AvgIpc) is 2.25. The van der Waals surface area contributed by atoms with E-state index >= 15 is 0 Å². The van der Waals surface area contributed by atoms with Gasteiger partial charge in [-0.05, 0) is 0 Å². The molecule has 88 valence electrons. The zero-order chi connectivity index (χ0) is 13.3. The monoisotopic (exact) mass is 264 g/mol. The number of allylic oxidation sites excluding steroid dienone is 3. The smallest absolute Gasteiger partial charge is 0.264 e. The fourth-order valence-corrected chi connectivity index (χ4v) is 1.61. The van der Waals surface area contributed by atoms with Crippen molar-refractivity contribution in [2.45, 2.75) is 3.67 Å². The van der Waals surface area contributed by atoms with Crippen LogP contribution in [0.3, 0.4) is 0 Å². The molecule has 0 amide bonds. The second-order valence-electron chi connectivity index (χ2n) is 3.09. The molecule has 2 N–H and O–H groups in total. The van der Waals surface area contributed by atoms with Gasteiger partial charge < -0.3 is 0 Å². The van der Waals surface area contributed by atoms with Crippen molar-refractivity contribution in [1.82, 2.24) is 0 Å². The van der Waals surface area contributed by atoms with Crippen LogP contribution in [0.4, 0.5) is 0 Å². The third kappa shape index (κ3) is 10.4. The molecule has 0 aliphatic rings. The zero-order valence-electron chi connectivity index (χ0n) is 9.57. The van der Waals surface area contributed by atoms with Crippen LogP contribution < -0.4 is 0 Å². The van der Waals surface area contributed by atoms with Crippen molar-refractivity contribution in [3.63, 3.8) is 0 Å². The predicted molar refractivity (Wildman–Crippen MR) is 69.4 cm³/mol. The van der Waals surface area contributed by atoms with E-state index < -0.39 is 10.4 Å². The minimum absolute atomic E-state index is 1.19. The molecule has 0 saturated heterocycles. The van der Waals surface area contributed by atoms with Crippen molar-refractivity contribution in [2.24, 2.45) is 0 Å². The molecule has 0 fully saturated rings. The Balaban J connectivity index is 0.000000437. The van der Waals surface area contributed by atoms with Gasteiger partial charge in [0.05, 0.1) is 0 Å². The third-order valence-corrected chi connectivity index (χ3v) is 2.16. The maximum absolute atomic E-state index is 8.74. The molecule has 1 rings (SSSR count). The predicted octanol–water partition coefficient (Wildman–Crippen LogP) is 2.19. The van der Waals surface area contributed by atoms with Crippen molar-refractivity contribution in [3.8, 4) is 0 Å². The first kappa shape index (κ1) is 16.6. The molecule has 0 spiro atoms. The van der Waals surface area contributed by atoms with Crippen molar-refractivity contribution < 1.29 is 17.5 Å². The molecule has 0 aliphatic carbocycles. The summed E-state index contributed by atoms with van der Waals surface area (Å²) in [6, 6.07) is 10.4. The van der Waals surface area contributed by atoms with Gasteiger partial charge >= 0.3 is 102 Å². The Morgan fingerprint density at radius 1 is 1.29 bits per heavy atom. The van der Waals surface area contributed by atoms with Crippen molar-refractivity contribution in [2.75, 3.05) is 0 Å². The molecule has 4 nitrogen and oxygen atoms in total. The molecular formula is C11H13NaO4S. The Bertz CT molecular complexity index is 458. The molecule has 1 aromatic carbocycles. The Morgan fingerprint density at radius 3 is 2.12 bits per heavy atom. The summed E-state index contributed by atoms with van der Waals surface area (Å²) in [6.07, 6.45) is 4.17. The topological polar surface area (TPSA) is 74.6 Å². The molecule has 17 heavy (non-hydrogen) atoms. The van der Waals surface area contributed by atoms with Crippen LogP contribution in [0.5, 0.6) is 0 Å². The third-order valence-electron chi connectivity index (χ3n) is 1.75. The molecular weight excluding hydrogens is 251 g/mol. The molecule has 0 bridgehead atoms. The summed E-state index contributed by atoms with van der Waals surface area (Å²) in [5.41, 5.74) is 2.52. The molecule has 0 atom stereocenters. The summed E-state index contributed by atoms with van der Waals surface area (Å²) in [4.78, 5) is 0. The van der Waals surface area contributed by atoms with Crippen molar-refractivity contribution in [1.29, 1.82) is 0 Å². The minimum atomic E-state index is -4.67. The average molecular weight is 264 g/mol. The minimum Gasteiger partial charge on any atom is -0.264 e. The number of hydrogen-bond acceptors (Lipinski definition) is 2. The quantitative estimate of drug-likeness (QED) is 0.498. The van der Waals surface area contributed by atoms with Crippen molar-refractivity contribution >= 4 is 43.9 Å².